The second-order valence-electron chi connectivity index (χ2n) is 10.3. The minimum Gasteiger partial charge on any atom is -0.384 e. The minimum absolute atomic E-state index is 0.0334. The van der Waals surface area contributed by atoms with E-state index in [9.17, 15) is 23.1 Å². The first kappa shape index (κ1) is 28.8. The first-order valence-corrected chi connectivity index (χ1v) is 13.0. The van der Waals surface area contributed by atoms with E-state index < -0.39 is 47.8 Å². The van der Waals surface area contributed by atoms with Gasteiger partial charge in [0.1, 0.15) is 29.4 Å². The summed E-state index contributed by atoms with van der Waals surface area (Å²) >= 11 is 1.24. The average molecular weight is 534 g/mol. The van der Waals surface area contributed by atoms with Crippen LogP contribution in [0.25, 0.3) is 10.6 Å². The van der Waals surface area contributed by atoms with Gasteiger partial charge in [-0.1, -0.05) is 51.1 Å². The number of thiazole rings is 1. The van der Waals surface area contributed by atoms with Crippen molar-refractivity contribution in [1.29, 1.82) is 0 Å². The predicted molar refractivity (Wildman–Crippen MR) is 141 cm³/mol. The minimum atomic E-state index is -1.30. The van der Waals surface area contributed by atoms with Gasteiger partial charge < -0.3 is 15.7 Å². The lowest BCUT2D eigenvalue weighted by atomic mass is 9.82. The number of aliphatic hydroxyl groups is 1. The third-order valence-corrected chi connectivity index (χ3v) is 7.17. The lowest BCUT2D eigenvalue weighted by Gasteiger charge is -2.41. The van der Waals surface area contributed by atoms with Gasteiger partial charge in [0.2, 0.25) is 0 Å². The van der Waals surface area contributed by atoms with Crippen molar-refractivity contribution in [2.24, 2.45) is 11.1 Å². The molecule has 2 unspecified atom stereocenters. The molecule has 0 saturated carbocycles. The fraction of sp³-hybridized carbons (Fsp3) is 0.429. The summed E-state index contributed by atoms with van der Waals surface area (Å²) in [6.45, 7) is 6.54. The van der Waals surface area contributed by atoms with E-state index in [4.69, 9.17) is 10.7 Å². The fourth-order valence-corrected chi connectivity index (χ4v) is 5.42. The summed E-state index contributed by atoms with van der Waals surface area (Å²) in [4.78, 5) is 20.3. The second kappa shape index (κ2) is 12.2. The zero-order chi connectivity index (χ0) is 27.3. The number of halogens is 3. The molecule has 3 rings (SSSR count). The van der Waals surface area contributed by atoms with Gasteiger partial charge in [0.15, 0.2) is 0 Å². The molecule has 1 heterocycles. The van der Waals surface area contributed by atoms with Crippen LogP contribution in [0, 0.1) is 17.0 Å². The number of aromatic nitrogens is 1. The number of nitrogens with two attached hydrogens (primary N) is 1. The number of hydrogen-bond acceptors (Lipinski definition) is 5. The molecule has 3 atom stereocenters. The summed E-state index contributed by atoms with van der Waals surface area (Å²) in [5.41, 5.74) is 6.79. The Labute approximate surface area is 220 Å². The zero-order valence-electron chi connectivity index (χ0n) is 21.5. The second-order valence-corrected chi connectivity index (χ2v) is 11.4. The van der Waals surface area contributed by atoms with Crippen molar-refractivity contribution in [2.75, 3.05) is 13.2 Å². The number of carbonyl (C=O) groups excluding carboxylic acids is 1. The van der Waals surface area contributed by atoms with E-state index in [0.717, 1.165) is 28.6 Å². The SMILES string of the molecule is CC(O)C(=O)N(CCC(N)CF)[C@@H](c1nc(-c2cc(F)ccc2F)sc1Cc1ccccc1)C(C)(C)C. The Hall–Kier alpha value is -2.75. The molecule has 37 heavy (non-hydrogen) atoms. The van der Waals surface area contributed by atoms with E-state index >= 15 is 0 Å². The number of benzene rings is 2. The van der Waals surface area contributed by atoms with Crippen LogP contribution >= 0.6 is 11.3 Å². The molecule has 0 saturated heterocycles. The first-order valence-electron chi connectivity index (χ1n) is 12.2. The van der Waals surface area contributed by atoms with Crippen LogP contribution in [0.5, 0.6) is 0 Å². The van der Waals surface area contributed by atoms with Crippen molar-refractivity contribution < 1.29 is 23.1 Å². The molecule has 1 amide bonds. The molecule has 3 N–H and O–H groups in total. The number of rotatable bonds is 10. The molecular formula is C28H34F3N3O2S. The number of carbonyl (C=O) groups is 1. The monoisotopic (exact) mass is 533 g/mol. The lowest BCUT2D eigenvalue weighted by Crippen LogP contribution is -2.47. The maximum atomic E-state index is 14.8. The van der Waals surface area contributed by atoms with Crippen molar-refractivity contribution in [3.05, 3.63) is 76.3 Å². The molecule has 5 nitrogen and oxygen atoms in total. The van der Waals surface area contributed by atoms with E-state index in [2.05, 4.69) is 0 Å². The van der Waals surface area contributed by atoms with Gasteiger partial charge in [-0.15, -0.1) is 11.3 Å². The zero-order valence-corrected chi connectivity index (χ0v) is 22.4. The number of alkyl halides is 1. The highest BCUT2D eigenvalue weighted by atomic mass is 32.1. The smallest absolute Gasteiger partial charge is 0.251 e. The van der Waals surface area contributed by atoms with Crippen LogP contribution in [-0.4, -0.2) is 46.3 Å². The summed E-state index contributed by atoms with van der Waals surface area (Å²) in [5, 5.41) is 10.5. The third kappa shape index (κ3) is 7.18. The van der Waals surface area contributed by atoms with Crippen LogP contribution in [0.4, 0.5) is 13.2 Å². The van der Waals surface area contributed by atoms with Gasteiger partial charge in [-0.05, 0) is 42.5 Å². The van der Waals surface area contributed by atoms with E-state index in [1.807, 2.05) is 51.1 Å². The maximum absolute atomic E-state index is 14.8. The highest BCUT2D eigenvalue weighted by molar-refractivity contribution is 7.15. The Kier molecular flexibility index (Phi) is 9.50. The molecule has 200 valence electrons. The third-order valence-electron chi connectivity index (χ3n) is 6.06. The van der Waals surface area contributed by atoms with E-state index in [1.165, 1.54) is 23.2 Å². The normalized spacial score (nSPS) is 14.3. The number of amides is 1. The van der Waals surface area contributed by atoms with Crippen LogP contribution < -0.4 is 5.73 Å². The number of hydrogen-bond donors (Lipinski definition) is 2. The number of nitrogens with zero attached hydrogens (tertiary/aromatic N) is 2. The van der Waals surface area contributed by atoms with Crippen molar-refractivity contribution in [3.63, 3.8) is 0 Å². The molecule has 0 bridgehead atoms. The first-order chi connectivity index (χ1) is 17.4. The summed E-state index contributed by atoms with van der Waals surface area (Å²) < 4.78 is 42.0. The van der Waals surface area contributed by atoms with Crippen LogP contribution in [0.2, 0.25) is 0 Å². The Balaban J connectivity index is 2.21. The van der Waals surface area contributed by atoms with Gasteiger partial charge in [-0.3, -0.25) is 4.79 Å². The topological polar surface area (TPSA) is 79.5 Å². The summed E-state index contributed by atoms with van der Waals surface area (Å²) in [6, 6.07) is 11.4. The molecule has 0 fully saturated rings. The Morgan fingerprint density at radius 1 is 1.16 bits per heavy atom. The Morgan fingerprint density at radius 3 is 2.43 bits per heavy atom. The van der Waals surface area contributed by atoms with Gasteiger partial charge in [-0.25, -0.2) is 18.2 Å². The molecular weight excluding hydrogens is 499 g/mol. The van der Waals surface area contributed by atoms with Crippen molar-refractivity contribution in [3.8, 4) is 10.6 Å². The number of aliphatic hydroxyl groups excluding tert-OH is 1. The average Bonchev–Trinajstić information content (AvgIpc) is 3.24. The summed E-state index contributed by atoms with van der Waals surface area (Å²) in [6.07, 6.45) is -0.661. The van der Waals surface area contributed by atoms with Crippen molar-refractivity contribution in [2.45, 2.75) is 58.7 Å². The van der Waals surface area contributed by atoms with Gasteiger partial charge in [0, 0.05) is 29.4 Å². The molecule has 0 aliphatic rings. The Morgan fingerprint density at radius 2 is 1.84 bits per heavy atom. The van der Waals surface area contributed by atoms with Crippen molar-refractivity contribution in [1.82, 2.24) is 9.88 Å². The van der Waals surface area contributed by atoms with Crippen LogP contribution in [0.3, 0.4) is 0 Å². The van der Waals surface area contributed by atoms with Gasteiger partial charge >= 0.3 is 0 Å². The van der Waals surface area contributed by atoms with Gasteiger partial charge in [0.05, 0.1) is 11.7 Å². The van der Waals surface area contributed by atoms with Crippen LogP contribution in [-0.2, 0) is 11.2 Å². The lowest BCUT2D eigenvalue weighted by molar-refractivity contribution is -0.144. The fourth-order valence-electron chi connectivity index (χ4n) is 4.28. The maximum Gasteiger partial charge on any atom is 0.251 e. The molecule has 0 aliphatic carbocycles. The van der Waals surface area contributed by atoms with E-state index in [-0.39, 0.29) is 23.5 Å². The molecule has 0 spiro atoms. The molecule has 2 aromatic carbocycles. The molecule has 3 aromatic rings. The molecule has 0 aliphatic heterocycles. The highest BCUT2D eigenvalue weighted by Crippen LogP contribution is 2.43. The van der Waals surface area contributed by atoms with Crippen LogP contribution in [0.1, 0.15) is 56.3 Å². The standard InChI is InChI=1S/C28H34F3N3O2S/c1-17(35)27(36)34(13-12-20(32)16-29)25(28(2,3)4)24-23(14-18-8-6-5-7-9-18)37-26(33-24)21-15-19(30)10-11-22(21)31/h5-11,15,17,20,25,35H,12-14,16,32H2,1-4H3/t17?,20?,25-/m0/s1. The quantitative estimate of drug-likeness (QED) is 0.352. The molecule has 0 radical (unpaired) electrons. The Bertz CT molecular complexity index is 1200. The summed E-state index contributed by atoms with van der Waals surface area (Å²) in [5.74, 6) is -1.73. The van der Waals surface area contributed by atoms with Gasteiger partial charge in [0.25, 0.3) is 5.91 Å². The summed E-state index contributed by atoms with van der Waals surface area (Å²) in [7, 11) is 0. The van der Waals surface area contributed by atoms with E-state index in [1.54, 1.807) is 0 Å². The van der Waals surface area contributed by atoms with Crippen LogP contribution in [0.15, 0.2) is 48.5 Å². The molecule has 1 aromatic heterocycles. The molecule has 9 heteroatoms. The predicted octanol–water partition coefficient (Wildman–Crippen LogP) is 5.66. The van der Waals surface area contributed by atoms with E-state index in [0.29, 0.717) is 12.1 Å². The van der Waals surface area contributed by atoms with Crippen molar-refractivity contribution >= 4 is 17.2 Å². The largest absolute Gasteiger partial charge is 0.384 e. The van der Waals surface area contributed by atoms with Gasteiger partial charge in [-0.2, -0.15) is 0 Å². The highest BCUT2D eigenvalue weighted by Gasteiger charge is 2.39.